The molecule has 0 aliphatic carbocycles. The molecule has 0 saturated carbocycles. The van der Waals surface area contributed by atoms with Gasteiger partial charge in [0.2, 0.25) is 0 Å². The van der Waals surface area contributed by atoms with E-state index in [2.05, 4.69) is 198 Å². The molecular formula is C40H48Br8K2O6. The zero-order valence-electron chi connectivity index (χ0n) is 34.4. The largest absolute Gasteiger partial charge is 1.00 e. The van der Waals surface area contributed by atoms with Gasteiger partial charge in [-0.1, -0.05) is 129 Å². The predicted molar refractivity (Wildman–Crippen MR) is 252 cm³/mol. The number of benzene rings is 4. The summed E-state index contributed by atoms with van der Waals surface area (Å²) >= 11 is 26.8. The van der Waals surface area contributed by atoms with Crippen molar-refractivity contribution in [1.29, 1.82) is 0 Å². The molecule has 0 aliphatic rings. The molecule has 0 bridgehead atoms. The molecule has 16 heteroatoms. The van der Waals surface area contributed by atoms with Crippen molar-refractivity contribution in [2.75, 3.05) is 5.33 Å². The normalized spacial score (nSPS) is 9.80. The molecular weight excluding hydrogens is 1290 g/mol. The Hall–Kier alpha value is 2.69. The Bertz CT molecular complexity index is 1470. The van der Waals surface area contributed by atoms with E-state index in [4.69, 9.17) is 20.3 Å². The standard InChI is InChI=1S/C9H9BrO.2C8H8Br2.C8H17Br.C6H4Br2O2.CH2O3.2K.H/c1-6-4-9(10)7(2)3-8(6)5-11;2*1-5-3-8(10)6(2)4-7(5)9;1-3-5-6-8(4-2)7-9;7-3-1-5(9)4(8)2-6(3)10;2-1-4-3;;;/h3-5H,1-2H3;2*3-4H,1-2H3;8H,3-7H2,1-2H3;1-2,9-10H;1,3H;;;/q;;;;;;2*+1;-1/p-1. The first-order valence-electron chi connectivity index (χ1n) is 16.5. The third kappa shape index (κ3) is 29.1. The molecule has 4 aromatic carbocycles. The van der Waals surface area contributed by atoms with Crippen LogP contribution in [0, 0.1) is 47.5 Å². The van der Waals surface area contributed by atoms with E-state index in [0.29, 0.717) is 8.95 Å². The van der Waals surface area contributed by atoms with Gasteiger partial charge in [0.1, 0.15) is 17.8 Å². The van der Waals surface area contributed by atoms with Gasteiger partial charge in [-0.2, -0.15) is 0 Å². The van der Waals surface area contributed by atoms with E-state index in [-0.39, 0.29) is 122 Å². The number of carbonyl (C=O) groups excluding carboxylic acids is 2. The van der Waals surface area contributed by atoms with Gasteiger partial charge in [-0.25, -0.2) is 0 Å². The van der Waals surface area contributed by atoms with Crippen molar-refractivity contribution in [3.8, 4) is 11.5 Å². The number of halogens is 8. The summed E-state index contributed by atoms with van der Waals surface area (Å²) in [5.74, 6) is 1.12. The van der Waals surface area contributed by atoms with Crippen LogP contribution < -0.4 is 108 Å². The second-order valence-electron chi connectivity index (χ2n) is 11.8. The van der Waals surface area contributed by atoms with E-state index >= 15 is 0 Å². The summed E-state index contributed by atoms with van der Waals surface area (Å²) in [4.78, 5) is 21.7. The molecule has 0 heterocycles. The molecule has 0 fully saturated rings. The Kier molecular flexibility index (Phi) is 44.5. The maximum atomic E-state index is 10.5. The van der Waals surface area contributed by atoms with Crippen LogP contribution in [0.5, 0.6) is 11.5 Å². The SMILES string of the molecule is CCCCC(CC)CBr.Cc1cc(Br)c(C)cc1Br.Cc1cc(Br)c(C)cc1Br.Cc1cc(C=O)c(C)cc1Br.O=CO[O-].Oc1cc(Br)c(O)cc1Br.[H-].[K+].[K+]. The van der Waals surface area contributed by atoms with Gasteiger partial charge in [-0.15, -0.1) is 0 Å². The van der Waals surface area contributed by atoms with Gasteiger partial charge < -0.3 is 21.8 Å². The van der Waals surface area contributed by atoms with Crippen LogP contribution in [0.2, 0.25) is 0 Å². The second kappa shape index (κ2) is 38.2. The van der Waals surface area contributed by atoms with E-state index in [1.54, 1.807) is 0 Å². The molecule has 56 heavy (non-hydrogen) atoms. The van der Waals surface area contributed by atoms with Crippen molar-refractivity contribution in [1.82, 2.24) is 0 Å². The third-order valence-corrected chi connectivity index (χ3v) is 13.8. The van der Waals surface area contributed by atoms with Gasteiger partial charge in [0.15, 0.2) is 0 Å². The van der Waals surface area contributed by atoms with Crippen LogP contribution in [-0.2, 0) is 9.68 Å². The summed E-state index contributed by atoms with van der Waals surface area (Å²) in [7, 11) is 0. The maximum absolute atomic E-state index is 10.5. The molecule has 1 unspecified atom stereocenters. The fraction of sp³-hybridized carbons (Fsp3) is 0.350. The molecule has 0 radical (unpaired) electrons. The van der Waals surface area contributed by atoms with Crippen LogP contribution >= 0.6 is 127 Å². The van der Waals surface area contributed by atoms with Crippen LogP contribution in [0.15, 0.2) is 79.8 Å². The van der Waals surface area contributed by atoms with E-state index in [1.165, 1.54) is 83.3 Å². The van der Waals surface area contributed by atoms with Crippen LogP contribution in [0.4, 0.5) is 0 Å². The number of hydrogen-bond donors (Lipinski definition) is 2. The van der Waals surface area contributed by atoms with Gasteiger partial charge in [0.25, 0.3) is 6.47 Å². The summed E-state index contributed by atoms with van der Waals surface area (Å²) in [6, 6.07) is 15.1. The van der Waals surface area contributed by atoms with Crippen molar-refractivity contribution in [2.45, 2.75) is 81.1 Å². The number of phenols is 2. The number of phenolic OH excluding ortho intramolecular Hbond substituents is 2. The number of carbonyl (C=O) groups is 2. The first-order chi connectivity index (χ1) is 25.2. The zero-order valence-corrected chi connectivity index (χ0v) is 52.4. The van der Waals surface area contributed by atoms with Crippen molar-refractivity contribution in [3.05, 3.63) is 119 Å². The number of aryl methyl sites for hydroxylation is 6. The van der Waals surface area contributed by atoms with Gasteiger partial charge in [-0.05, 0) is 168 Å². The molecule has 2 N–H and O–H groups in total. The summed E-state index contributed by atoms with van der Waals surface area (Å²) in [5, 5.41) is 27.7. The van der Waals surface area contributed by atoms with Gasteiger partial charge in [0.05, 0.1) is 8.95 Å². The maximum Gasteiger partial charge on any atom is 1.00 e. The molecule has 6 nitrogen and oxygen atoms in total. The Morgan fingerprint density at radius 2 is 0.911 bits per heavy atom. The van der Waals surface area contributed by atoms with E-state index < -0.39 is 0 Å². The number of alkyl halides is 1. The molecule has 0 aliphatic heterocycles. The quantitative estimate of drug-likeness (QED) is 0.0478. The van der Waals surface area contributed by atoms with Gasteiger partial charge >= 0.3 is 103 Å². The fourth-order valence-electron chi connectivity index (χ4n) is 3.83. The third-order valence-electron chi connectivity index (χ3n) is 7.37. The average molecular weight is 1340 g/mol. The average Bonchev–Trinajstić information content (AvgIpc) is 3.12. The molecule has 302 valence electrons. The minimum Gasteiger partial charge on any atom is -1.00 e. The molecule has 0 amide bonds. The number of hydrogen-bond acceptors (Lipinski definition) is 6. The molecule has 0 aromatic heterocycles. The topological polar surface area (TPSA) is 107 Å². The second-order valence-corrected chi connectivity index (χ2v) is 18.4. The zero-order chi connectivity index (χ0) is 42.1. The van der Waals surface area contributed by atoms with Crippen LogP contribution in [0.1, 0.15) is 84.7 Å². The van der Waals surface area contributed by atoms with E-state index in [1.807, 2.05) is 26.0 Å². The van der Waals surface area contributed by atoms with Gasteiger partial charge in [0, 0.05) is 33.3 Å². The van der Waals surface area contributed by atoms with Crippen LogP contribution in [0.25, 0.3) is 0 Å². The number of aldehydes is 1. The van der Waals surface area contributed by atoms with Gasteiger partial charge in [-0.3, -0.25) is 9.59 Å². The molecule has 4 rings (SSSR count). The smallest absolute Gasteiger partial charge is 1.00 e. The van der Waals surface area contributed by atoms with Crippen LogP contribution in [0.3, 0.4) is 0 Å². The van der Waals surface area contributed by atoms with Crippen LogP contribution in [-0.4, -0.2) is 28.3 Å². The molecule has 4 aromatic rings. The summed E-state index contributed by atoms with van der Waals surface area (Å²) in [6.07, 6.45) is 6.34. The Morgan fingerprint density at radius 3 is 1.16 bits per heavy atom. The van der Waals surface area contributed by atoms with Crippen molar-refractivity contribution in [2.24, 2.45) is 5.92 Å². The minimum atomic E-state index is -0.181. The Labute approximate surface area is 487 Å². The number of aromatic hydroxyl groups is 2. The Balaban J connectivity index is -0.000000191. The minimum absolute atomic E-state index is 0. The molecule has 0 saturated heterocycles. The predicted octanol–water partition coefficient (Wildman–Crippen LogP) is 9.31. The monoisotopic (exact) mass is 1330 g/mol. The number of unbranched alkanes of at least 4 members (excludes halogenated alkanes) is 1. The molecule has 0 spiro atoms. The summed E-state index contributed by atoms with van der Waals surface area (Å²) < 4.78 is 6.71. The van der Waals surface area contributed by atoms with Crippen molar-refractivity contribution >= 4 is 140 Å². The Morgan fingerprint density at radius 1 is 0.607 bits per heavy atom. The fourth-order valence-corrected chi connectivity index (χ4v) is 7.56. The molecule has 1 atom stereocenters. The first-order valence-corrected chi connectivity index (χ1v) is 23.1. The number of rotatable bonds is 7. The first kappa shape index (κ1) is 65.3. The summed E-state index contributed by atoms with van der Waals surface area (Å²) in [5.41, 5.74) is 7.92. The van der Waals surface area contributed by atoms with Crippen molar-refractivity contribution < 1.29 is 134 Å². The van der Waals surface area contributed by atoms with E-state index in [0.717, 1.165) is 33.4 Å². The summed E-state index contributed by atoms with van der Waals surface area (Å²) in [6.45, 7) is 16.5. The van der Waals surface area contributed by atoms with E-state index in [9.17, 15) is 4.79 Å². The van der Waals surface area contributed by atoms with Crippen molar-refractivity contribution in [3.63, 3.8) is 0 Å².